The van der Waals surface area contributed by atoms with E-state index in [1.54, 1.807) is 12.1 Å². The van der Waals surface area contributed by atoms with Gasteiger partial charge in [-0.2, -0.15) is 4.98 Å². The Morgan fingerprint density at radius 3 is 2.57 bits per heavy atom. The van der Waals surface area contributed by atoms with Crippen molar-refractivity contribution in [3.8, 4) is 0 Å². The lowest BCUT2D eigenvalue weighted by Gasteiger charge is -2.19. The quantitative estimate of drug-likeness (QED) is 0.850. The minimum Gasteiger partial charge on any atom is -0.339 e. The van der Waals surface area contributed by atoms with Crippen molar-refractivity contribution in [2.45, 2.75) is 45.6 Å². The van der Waals surface area contributed by atoms with Crippen molar-refractivity contribution in [1.29, 1.82) is 0 Å². The molecule has 21 heavy (non-hydrogen) atoms. The van der Waals surface area contributed by atoms with Gasteiger partial charge < -0.3 is 9.84 Å². The molecule has 2 unspecified atom stereocenters. The zero-order valence-corrected chi connectivity index (χ0v) is 12.8. The normalized spacial score (nSPS) is 14.1. The van der Waals surface area contributed by atoms with Gasteiger partial charge in [-0.15, -0.1) is 0 Å². The second-order valence-corrected chi connectivity index (χ2v) is 5.21. The topological polar surface area (TPSA) is 51.0 Å². The predicted octanol–water partition coefficient (Wildman–Crippen LogP) is 3.29. The highest BCUT2D eigenvalue weighted by atomic mass is 19.1. The molecule has 0 saturated carbocycles. The lowest BCUT2D eigenvalue weighted by atomic mass is 9.98. The molecular formula is C16H22FN3O. The molecule has 0 aliphatic heterocycles. The first kappa shape index (κ1) is 15.6. The number of rotatable bonds is 7. The SMILES string of the molecule is CCNC(C)C(CC)c1nc(Cc2ccc(F)cc2)no1. The second-order valence-electron chi connectivity index (χ2n) is 5.21. The summed E-state index contributed by atoms with van der Waals surface area (Å²) in [6, 6.07) is 6.66. The Morgan fingerprint density at radius 1 is 1.24 bits per heavy atom. The fourth-order valence-electron chi connectivity index (χ4n) is 2.48. The average Bonchev–Trinajstić information content (AvgIpc) is 2.91. The van der Waals surface area contributed by atoms with Crippen molar-refractivity contribution in [2.75, 3.05) is 6.54 Å². The fraction of sp³-hybridized carbons (Fsp3) is 0.500. The van der Waals surface area contributed by atoms with Crippen molar-refractivity contribution in [3.05, 3.63) is 47.4 Å². The molecule has 1 heterocycles. The van der Waals surface area contributed by atoms with E-state index < -0.39 is 0 Å². The maximum atomic E-state index is 12.9. The average molecular weight is 291 g/mol. The Labute approximate surface area is 124 Å². The summed E-state index contributed by atoms with van der Waals surface area (Å²) in [4.78, 5) is 4.49. The van der Waals surface area contributed by atoms with Crippen LogP contribution in [0.1, 0.15) is 50.4 Å². The molecule has 0 aliphatic carbocycles. The summed E-state index contributed by atoms with van der Waals surface area (Å²) in [5.74, 6) is 1.28. The van der Waals surface area contributed by atoms with Crippen molar-refractivity contribution in [1.82, 2.24) is 15.5 Å². The molecule has 0 radical (unpaired) electrons. The molecule has 1 aromatic heterocycles. The summed E-state index contributed by atoms with van der Waals surface area (Å²) in [6.45, 7) is 7.23. The Morgan fingerprint density at radius 2 is 1.95 bits per heavy atom. The molecule has 2 aromatic rings. The third kappa shape index (κ3) is 4.11. The third-order valence-corrected chi connectivity index (χ3v) is 3.65. The molecule has 1 aromatic carbocycles. The van der Waals surface area contributed by atoms with Gasteiger partial charge in [-0.1, -0.05) is 31.1 Å². The van der Waals surface area contributed by atoms with E-state index in [1.807, 2.05) is 0 Å². The maximum absolute atomic E-state index is 12.9. The van der Waals surface area contributed by atoms with Crippen LogP contribution in [-0.2, 0) is 6.42 Å². The van der Waals surface area contributed by atoms with Gasteiger partial charge in [0.15, 0.2) is 5.82 Å². The van der Waals surface area contributed by atoms with E-state index >= 15 is 0 Å². The van der Waals surface area contributed by atoms with E-state index in [4.69, 9.17) is 4.52 Å². The lowest BCUT2D eigenvalue weighted by molar-refractivity contribution is 0.316. The van der Waals surface area contributed by atoms with Crippen LogP contribution in [-0.4, -0.2) is 22.7 Å². The van der Waals surface area contributed by atoms with E-state index in [0.29, 0.717) is 24.2 Å². The molecule has 0 amide bonds. The first-order valence-corrected chi connectivity index (χ1v) is 7.44. The van der Waals surface area contributed by atoms with Crippen LogP contribution in [0.3, 0.4) is 0 Å². The summed E-state index contributed by atoms with van der Waals surface area (Å²) < 4.78 is 18.3. The molecule has 5 heteroatoms. The molecule has 114 valence electrons. The summed E-state index contributed by atoms with van der Waals surface area (Å²) in [6.07, 6.45) is 1.49. The van der Waals surface area contributed by atoms with Crippen LogP contribution in [0.15, 0.2) is 28.8 Å². The zero-order chi connectivity index (χ0) is 15.2. The van der Waals surface area contributed by atoms with Crippen LogP contribution in [0.5, 0.6) is 0 Å². The molecule has 0 fully saturated rings. The number of benzene rings is 1. The Bertz CT molecular complexity index is 553. The maximum Gasteiger partial charge on any atom is 0.231 e. The third-order valence-electron chi connectivity index (χ3n) is 3.65. The standard InChI is InChI=1S/C16H22FN3O/c1-4-14(11(3)18-5-2)16-19-15(20-21-16)10-12-6-8-13(17)9-7-12/h6-9,11,14,18H,4-5,10H2,1-3H3. The second kappa shape index (κ2) is 7.31. The van der Waals surface area contributed by atoms with Gasteiger partial charge in [-0.25, -0.2) is 4.39 Å². The van der Waals surface area contributed by atoms with Gasteiger partial charge in [-0.05, 0) is 37.6 Å². The summed E-state index contributed by atoms with van der Waals surface area (Å²) in [5.41, 5.74) is 0.969. The van der Waals surface area contributed by atoms with E-state index in [2.05, 4.69) is 36.2 Å². The van der Waals surface area contributed by atoms with Crippen LogP contribution < -0.4 is 5.32 Å². The monoisotopic (exact) mass is 291 g/mol. The smallest absolute Gasteiger partial charge is 0.231 e. The summed E-state index contributed by atoms with van der Waals surface area (Å²) in [7, 11) is 0. The van der Waals surface area contributed by atoms with Gasteiger partial charge in [-0.3, -0.25) is 0 Å². The summed E-state index contributed by atoms with van der Waals surface area (Å²) >= 11 is 0. The highest BCUT2D eigenvalue weighted by molar-refractivity contribution is 5.19. The molecule has 0 saturated heterocycles. The van der Waals surface area contributed by atoms with Gasteiger partial charge in [0.05, 0.1) is 5.92 Å². The summed E-state index contributed by atoms with van der Waals surface area (Å²) in [5, 5.41) is 7.43. The van der Waals surface area contributed by atoms with Crippen LogP contribution >= 0.6 is 0 Å². The van der Waals surface area contributed by atoms with Crippen molar-refractivity contribution in [2.24, 2.45) is 0 Å². The Balaban J connectivity index is 2.07. The molecule has 0 bridgehead atoms. The van der Waals surface area contributed by atoms with Crippen LogP contribution in [0.25, 0.3) is 0 Å². The van der Waals surface area contributed by atoms with Gasteiger partial charge in [0.1, 0.15) is 5.82 Å². The number of aromatic nitrogens is 2. The largest absolute Gasteiger partial charge is 0.339 e. The number of halogens is 1. The van der Waals surface area contributed by atoms with Gasteiger partial charge in [0.2, 0.25) is 5.89 Å². The highest BCUT2D eigenvalue weighted by Crippen LogP contribution is 2.22. The molecule has 1 N–H and O–H groups in total. The number of likely N-dealkylation sites (N-methyl/N-ethyl adjacent to an activating group) is 1. The first-order valence-electron chi connectivity index (χ1n) is 7.44. The Hall–Kier alpha value is -1.75. The molecule has 0 spiro atoms. The van der Waals surface area contributed by atoms with Crippen molar-refractivity contribution >= 4 is 0 Å². The molecular weight excluding hydrogens is 269 g/mol. The fourth-order valence-corrected chi connectivity index (χ4v) is 2.48. The van der Waals surface area contributed by atoms with Crippen LogP contribution in [0.2, 0.25) is 0 Å². The van der Waals surface area contributed by atoms with E-state index in [9.17, 15) is 4.39 Å². The minimum atomic E-state index is -0.238. The van der Waals surface area contributed by atoms with Gasteiger partial charge in [0, 0.05) is 12.5 Å². The highest BCUT2D eigenvalue weighted by Gasteiger charge is 2.23. The molecule has 2 rings (SSSR count). The molecule has 4 nitrogen and oxygen atoms in total. The number of nitrogens with zero attached hydrogens (tertiary/aromatic N) is 2. The zero-order valence-electron chi connectivity index (χ0n) is 12.8. The lowest BCUT2D eigenvalue weighted by Crippen LogP contribution is -2.31. The van der Waals surface area contributed by atoms with Gasteiger partial charge in [0.25, 0.3) is 0 Å². The number of hydrogen-bond donors (Lipinski definition) is 1. The molecule has 2 atom stereocenters. The molecule has 0 aliphatic rings. The van der Waals surface area contributed by atoms with E-state index in [-0.39, 0.29) is 11.7 Å². The van der Waals surface area contributed by atoms with E-state index in [0.717, 1.165) is 18.5 Å². The number of hydrogen-bond acceptors (Lipinski definition) is 4. The Kier molecular flexibility index (Phi) is 5.44. The minimum absolute atomic E-state index is 0.208. The van der Waals surface area contributed by atoms with Crippen LogP contribution in [0.4, 0.5) is 4.39 Å². The predicted molar refractivity (Wildman–Crippen MR) is 79.7 cm³/mol. The number of nitrogens with one attached hydrogen (secondary N) is 1. The van der Waals surface area contributed by atoms with Crippen LogP contribution in [0, 0.1) is 5.82 Å². The first-order chi connectivity index (χ1) is 10.1. The van der Waals surface area contributed by atoms with E-state index in [1.165, 1.54) is 12.1 Å². The van der Waals surface area contributed by atoms with Crippen molar-refractivity contribution < 1.29 is 8.91 Å². The van der Waals surface area contributed by atoms with Gasteiger partial charge >= 0.3 is 0 Å². The van der Waals surface area contributed by atoms with Crippen molar-refractivity contribution in [3.63, 3.8) is 0 Å².